The lowest BCUT2D eigenvalue weighted by Crippen LogP contribution is -2.38. The number of carbonyl (C=O) groups is 2. The van der Waals surface area contributed by atoms with Gasteiger partial charge in [0.2, 0.25) is 0 Å². The van der Waals surface area contributed by atoms with Gasteiger partial charge in [-0.2, -0.15) is 0 Å². The Hall–Kier alpha value is -1.82. The molecule has 6 nitrogen and oxygen atoms in total. The summed E-state index contributed by atoms with van der Waals surface area (Å²) < 4.78 is 7.06. The van der Waals surface area contributed by atoms with Gasteiger partial charge in [0.05, 0.1) is 6.10 Å². The van der Waals surface area contributed by atoms with Crippen LogP contribution in [0, 0.1) is 0 Å². The normalized spacial score (nSPS) is 18.8. The Labute approximate surface area is 117 Å². The summed E-state index contributed by atoms with van der Waals surface area (Å²) >= 11 is 0. The van der Waals surface area contributed by atoms with Crippen LogP contribution in [-0.4, -0.2) is 52.8 Å². The lowest BCUT2D eigenvalue weighted by molar-refractivity contribution is -0.137. The molecule has 1 aliphatic heterocycles. The summed E-state index contributed by atoms with van der Waals surface area (Å²) in [5, 5.41) is 8.83. The molecule has 1 saturated heterocycles. The van der Waals surface area contributed by atoms with Crippen LogP contribution < -0.4 is 0 Å². The van der Waals surface area contributed by atoms with E-state index in [2.05, 4.69) is 0 Å². The van der Waals surface area contributed by atoms with E-state index in [-0.39, 0.29) is 18.6 Å². The minimum atomic E-state index is -0.964. The zero-order valence-electron chi connectivity index (χ0n) is 11.6. The first-order valence-electron chi connectivity index (χ1n) is 6.82. The average molecular weight is 280 g/mol. The molecule has 0 radical (unpaired) electrons. The Morgan fingerprint density at radius 3 is 2.95 bits per heavy atom. The fourth-order valence-corrected chi connectivity index (χ4v) is 2.43. The summed E-state index contributed by atoms with van der Waals surface area (Å²) in [4.78, 5) is 24.7. The maximum Gasteiger partial charge on any atom is 0.323 e. The van der Waals surface area contributed by atoms with Gasteiger partial charge in [-0.1, -0.05) is 0 Å². The van der Waals surface area contributed by atoms with Gasteiger partial charge in [-0.15, -0.1) is 0 Å². The number of ether oxygens (including phenoxy) is 1. The van der Waals surface area contributed by atoms with Crippen molar-refractivity contribution < 1.29 is 19.4 Å². The molecule has 1 amide bonds. The first-order valence-corrected chi connectivity index (χ1v) is 6.82. The molecule has 0 aromatic carbocycles. The summed E-state index contributed by atoms with van der Waals surface area (Å²) in [7, 11) is 1.72. The maximum absolute atomic E-state index is 12.3. The molecular formula is C14H20N2O4. The number of rotatable bonds is 5. The number of hydrogen-bond donors (Lipinski definition) is 1. The van der Waals surface area contributed by atoms with Gasteiger partial charge in [0.1, 0.15) is 12.2 Å². The Morgan fingerprint density at radius 1 is 1.50 bits per heavy atom. The third kappa shape index (κ3) is 3.60. The predicted molar refractivity (Wildman–Crippen MR) is 72.6 cm³/mol. The molecule has 6 heteroatoms. The van der Waals surface area contributed by atoms with E-state index in [0.717, 1.165) is 25.9 Å². The molecule has 1 N–H and O–H groups in total. The van der Waals surface area contributed by atoms with Crippen molar-refractivity contribution in [3.8, 4) is 0 Å². The van der Waals surface area contributed by atoms with Gasteiger partial charge in [-0.3, -0.25) is 9.59 Å². The van der Waals surface area contributed by atoms with Gasteiger partial charge in [0, 0.05) is 26.4 Å². The molecule has 110 valence electrons. The maximum atomic E-state index is 12.3. The molecule has 2 rings (SSSR count). The largest absolute Gasteiger partial charge is 0.480 e. The van der Waals surface area contributed by atoms with Crippen molar-refractivity contribution in [1.82, 2.24) is 9.47 Å². The number of nitrogens with zero attached hydrogens (tertiary/aromatic N) is 2. The van der Waals surface area contributed by atoms with Crippen molar-refractivity contribution in [2.45, 2.75) is 31.9 Å². The van der Waals surface area contributed by atoms with Gasteiger partial charge in [0.15, 0.2) is 0 Å². The quantitative estimate of drug-likeness (QED) is 0.880. The van der Waals surface area contributed by atoms with Gasteiger partial charge >= 0.3 is 5.97 Å². The minimum Gasteiger partial charge on any atom is -0.480 e. The van der Waals surface area contributed by atoms with Crippen LogP contribution in [0.25, 0.3) is 0 Å². The molecule has 1 aliphatic rings. The van der Waals surface area contributed by atoms with E-state index in [9.17, 15) is 9.59 Å². The number of likely N-dealkylation sites (N-methyl/N-ethyl adjacent to an activating group) is 1. The SMILES string of the molecule is CN(CC1CCCCO1)C(=O)c1cccn1CC(=O)O. The number of carbonyl (C=O) groups excluding carboxylic acids is 1. The van der Waals surface area contributed by atoms with Crippen molar-refractivity contribution in [2.24, 2.45) is 0 Å². The average Bonchev–Trinajstić information content (AvgIpc) is 2.86. The van der Waals surface area contributed by atoms with E-state index < -0.39 is 5.97 Å². The van der Waals surface area contributed by atoms with Crippen molar-refractivity contribution in [3.05, 3.63) is 24.0 Å². The third-order valence-electron chi connectivity index (χ3n) is 3.45. The Kier molecular flexibility index (Phi) is 4.79. The van der Waals surface area contributed by atoms with Crippen molar-refractivity contribution in [2.75, 3.05) is 20.2 Å². The highest BCUT2D eigenvalue weighted by Crippen LogP contribution is 2.15. The summed E-state index contributed by atoms with van der Waals surface area (Å²) in [6.45, 7) is 1.08. The Bertz CT molecular complexity index is 477. The van der Waals surface area contributed by atoms with E-state index in [1.165, 1.54) is 4.57 Å². The van der Waals surface area contributed by atoms with Gasteiger partial charge in [-0.25, -0.2) is 0 Å². The van der Waals surface area contributed by atoms with Crippen LogP contribution in [0.4, 0.5) is 0 Å². The highest BCUT2D eigenvalue weighted by atomic mass is 16.5. The summed E-state index contributed by atoms with van der Waals surface area (Å²) in [6, 6.07) is 3.32. The summed E-state index contributed by atoms with van der Waals surface area (Å²) in [5.41, 5.74) is 0.394. The highest BCUT2D eigenvalue weighted by Gasteiger charge is 2.21. The molecule has 1 unspecified atom stereocenters. The van der Waals surface area contributed by atoms with E-state index >= 15 is 0 Å². The van der Waals surface area contributed by atoms with E-state index in [4.69, 9.17) is 9.84 Å². The van der Waals surface area contributed by atoms with Crippen molar-refractivity contribution in [3.63, 3.8) is 0 Å². The van der Waals surface area contributed by atoms with E-state index in [1.54, 1.807) is 30.3 Å². The first-order chi connectivity index (χ1) is 9.58. The molecule has 20 heavy (non-hydrogen) atoms. The van der Waals surface area contributed by atoms with Crippen LogP contribution in [0.15, 0.2) is 18.3 Å². The minimum absolute atomic E-state index is 0.0839. The number of carboxylic acids is 1. The van der Waals surface area contributed by atoms with Gasteiger partial charge in [-0.05, 0) is 31.4 Å². The van der Waals surface area contributed by atoms with Crippen LogP contribution in [0.5, 0.6) is 0 Å². The molecule has 1 fully saturated rings. The summed E-state index contributed by atoms with van der Waals surface area (Å²) in [6.07, 6.45) is 4.86. The number of aromatic nitrogens is 1. The highest BCUT2D eigenvalue weighted by molar-refractivity contribution is 5.93. The van der Waals surface area contributed by atoms with Gasteiger partial charge in [0.25, 0.3) is 5.91 Å². The number of amides is 1. The van der Waals surface area contributed by atoms with Crippen LogP contribution in [0.1, 0.15) is 29.8 Å². The second-order valence-electron chi connectivity index (χ2n) is 5.09. The molecule has 2 heterocycles. The Balaban J connectivity index is 1.99. The Morgan fingerprint density at radius 2 is 2.30 bits per heavy atom. The zero-order valence-corrected chi connectivity index (χ0v) is 11.6. The van der Waals surface area contributed by atoms with Crippen LogP contribution in [0.3, 0.4) is 0 Å². The van der Waals surface area contributed by atoms with Crippen LogP contribution in [0.2, 0.25) is 0 Å². The lowest BCUT2D eigenvalue weighted by Gasteiger charge is -2.27. The van der Waals surface area contributed by atoms with Gasteiger partial charge < -0.3 is 19.3 Å². The smallest absolute Gasteiger partial charge is 0.323 e. The molecule has 1 aromatic heterocycles. The molecule has 0 saturated carbocycles. The number of hydrogen-bond acceptors (Lipinski definition) is 3. The molecule has 1 aromatic rings. The first kappa shape index (κ1) is 14.6. The van der Waals surface area contributed by atoms with Crippen molar-refractivity contribution in [1.29, 1.82) is 0 Å². The summed E-state index contributed by atoms with van der Waals surface area (Å²) in [5.74, 6) is -1.14. The van der Waals surface area contributed by atoms with Crippen LogP contribution in [-0.2, 0) is 16.1 Å². The molecule has 0 aliphatic carbocycles. The predicted octanol–water partition coefficient (Wildman–Crippen LogP) is 1.21. The van der Waals surface area contributed by atoms with E-state index in [1.807, 2.05) is 0 Å². The van der Waals surface area contributed by atoms with Crippen LogP contribution >= 0.6 is 0 Å². The standard InChI is InChI=1S/C14H20N2O4/c1-15(9-11-5-2-3-8-20-11)14(19)12-6-4-7-16(12)10-13(17)18/h4,6-7,11H,2-3,5,8-10H2,1H3,(H,17,18). The molecular weight excluding hydrogens is 260 g/mol. The molecule has 0 bridgehead atoms. The number of aliphatic carboxylic acids is 1. The second-order valence-corrected chi connectivity index (χ2v) is 5.09. The fraction of sp³-hybridized carbons (Fsp3) is 0.571. The fourth-order valence-electron chi connectivity index (χ4n) is 2.43. The number of carboxylic acid groups (broad SMARTS) is 1. The monoisotopic (exact) mass is 280 g/mol. The third-order valence-corrected chi connectivity index (χ3v) is 3.45. The second kappa shape index (κ2) is 6.56. The zero-order chi connectivity index (χ0) is 14.5. The van der Waals surface area contributed by atoms with Crippen molar-refractivity contribution >= 4 is 11.9 Å². The van der Waals surface area contributed by atoms with E-state index in [0.29, 0.717) is 12.2 Å². The lowest BCUT2D eigenvalue weighted by atomic mass is 10.1. The molecule has 0 spiro atoms. The topological polar surface area (TPSA) is 71.8 Å². The molecule has 1 atom stereocenters.